The van der Waals surface area contributed by atoms with E-state index in [0.29, 0.717) is 5.56 Å². The predicted octanol–water partition coefficient (Wildman–Crippen LogP) is 3.66. The van der Waals surface area contributed by atoms with Crippen LogP contribution in [0.5, 0.6) is 5.75 Å². The Morgan fingerprint density at radius 2 is 2.07 bits per heavy atom. The number of ether oxygens (including phenoxy) is 1. The molecule has 0 atom stereocenters. The molecule has 0 amide bonds. The van der Waals surface area contributed by atoms with Crippen molar-refractivity contribution >= 4 is 23.2 Å². The Morgan fingerprint density at radius 1 is 1.40 bits per heavy atom. The summed E-state index contributed by atoms with van der Waals surface area (Å²) < 4.78 is 28.1. The van der Waals surface area contributed by atoms with Crippen LogP contribution in [0.15, 0.2) is 12.1 Å². The topological polar surface area (TPSA) is 33.0 Å². The summed E-state index contributed by atoms with van der Waals surface area (Å²) in [6, 6.07) is 4.57. The maximum atomic E-state index is 12.0. The molecule has 0 N–H and O–H groups in total. The fraction of sp³-hybridized carbons (Fsp3) is 0.222. The van der Waals surface area contributed by atoms with Crippen LogP contribution in [0.4, 0.5) is 8.78 Å². The summed E-state index contributed by atoms with van der Waals surface area (Å²) >= 11 is 11.3. The molecular weight excluding hydrogens is 247 g/mol. The first kappa shape index (κ1) is 12.0. The van der Waals surface area contributed by atoms with E-state index in [0.717, 1.165) is 0 Å². The first-order valence-corrected chi connectivity index (χ1v) is 4.60. The van der Waals surface area contributed by atoms with E-state index >= 15 is 0 Å². The zero-order chi connectivity index (χ0) is 11.4. The quantitative estimate of drug-likeness (QED) is 0.822. The molecule has 1 aromatic carbocycles. The Kier molecular flexibility index (Phi) is 4.13. The largest absolute Gasteiger partial charge is 0.433 e. The molecule has 2 nitrogen and oxygen atoms in total. The van der Waals surface area contributed by atoms with Crippen molar-refractivity contribution in [3.8, 4) is 11.8 Å². The first-order valence-electron chi connectivity index (χ1n) is 3.84. The number of alkyl halides is 2. The number of nitriles is 1. The van der Waals surface area contributed by atoms with E-state index in [9.17, 15) is 8.78 Å². The molecule has 1 rings (SSSR count). The lowest BCUT2D eigenvalue weighted by Crippen LogP contribution is -2.03. The van der Waals surface area contributed by atoms with E-state index in [4.69, 9.17) is 28.5 Å². The average Bonchev–Trinajstić information content (AvgIpc) is 2.13. The zero-order valence-electron chi connectivity index (χ0n) is 7.31. The van der Waals surface area contributed by atoms with Crippen molar-refractivity contribution in [2.24, 2.45) is 0 Å². The minimum absolute atomic E-state index is 0.0521. The Balaban J connectivity index is 3.08. The molecule has 0 bridgehead atoms. The number of nitrogens with zero attached hydrogens (tertiary/aromatic N) is 1. The second-order valence-corrected chi connectivity index (χ2v) is 3.39. The smallest absolute Gasteiger partial charge is 0.387 e. The minimum Gasteiger partial charge on any atom is -0.433 e. The van der Waals surface area contributed by atoms with E-state index in [2.05, 4.69) is 4.74 Å². The number of benzene rings is 1. The van der Waals surface area contributed by atoms with Crippen molar-refractivity contribution in [1.29, 1.82) is 5.26 Å². The van der Waals surface area contributed by atoms with Gasteiger partial charge in [0.1, 0.15) is 10.8 Å². The molecule has 0 aliphatic heterocycles. The Hall–Kier alpha value is -1.05. The minimum atomic E-state index is -2.98. The van der Waals surface area contributed by atoms with Crippen LogP contribution in [-0.4, -0.2) is 6.61 Å². The Morgan fingerprint density at radius 3 is 2.60 bits per heavy atom. The van der Waals surface area contributed by atoms with Gasteiger partial charge in [0.25, 0.3) is 0 Å². The predicted molar refractivity (Wildman–Crippen MR) is 52.4 cm³/mol. The highest BCUT2D eigenvalue weighted by molar-refractivity contribution is 6.43. The van der Waals surface area contributed by atoms with Gasteiger partial charge in [0.05, 0.1) is 17.5 Å². The van der Waals surface area contributed by atoms with Gasteiger partial charge < -0.3 is 4.74 Å². The second kappa shape index (κ2) is 5.15. The molecular formula is C9H5Cl2F2NO. The van der Waals surface area contributed by atoms with E-state index in [1.807, 2.05) is 6.07 Å². The van der Waals surface area contributed by atoms with Crippen molar-refractivity contribution in [2.75, 3.05) is 0 Å². The monoisotopic (exact) mass is 251 g/mol. The number of hydrogen-bond donors (Lipinski definition) is 0. The number of halogens is 4. The standard InChI is InChI=1S/C9H5Cl2F2NO/c10-6-3-5(1-2-14)4-7(8(6)11)15-9(12)13/h3-4,9H,1H2. The van der Waals surface area contributed by atoms with Crippen molar-refractivity contribution in [1.82, 2.24) is 0 Å². The average molecular weight is 252 g/mol. The third-order valence-electron chi connectivity index (χ3n) is 1.55. The molecule has 0 heterocycles. The molecule has 0 saturated heterocycles. The highest BCUT2D eigenvalue weighted by Crippen LogP contribution is 2.34. The summed E-state index contributed by atoms with van der Waals surface area (Å²) in [4.78, 5) is 0. The van der Waals surface area contributed by atoms with E-state index < -0.39 is 6.61 Å². The van der Waals surface area contributed by atoms with Crippen LogP contribution in [-0.2, 0) is 6.42 Å². The van der Waals surface area contributed by atoms with Crippen molar-refractivity contribution in [3.05, 3.63) is 27.7 Å². The number of hydrogen-bond acceptors (Lipinski definition) is 2. The summed E-state index contributed by atoms with van der Waals surface area (Å²) in [7, 11) is 0. The molecule has 6 heteroatoms. The van der Waals surface area contributed by atoms with Gasteiger partial charge in [-0.05, 0) is 17.7 Å². The maximum Gasteiger partial charge on any atom is 0.387 e. The molecule has 0 saturated carbocycles. The maximum absolute atomic E-state index is 12.0. The van der Waals surface area contributed by atoms with Gasteiger partial charge in [-0.3, -0.25) is 0 Å². The highest BCUT2D eigenvalue weighted by Gasteiger charge is 2.12. The third kappa shape index (κ3) is 3.22. The summed E-state index contributed by atoms with van der Waals surface area (Å²) in [5.41, 5.74) is 0.475. The third-order valence-corrected chi connectivity index (χ3v) is 2.34. The fourth-order valence-electron chi connectivity index (χ4n) is 0.992. The van der Waals surface area contributed by atoms with Gasteiger partial charge in [-0.15, -0.1) is 0 Å². The normalized spacial score (nSPS) is 10.1. The van der Waals surface area contributed by atoms with Crippen molar-refractivity contribution in [3.63, 3.8) is 0 Å². The Labute approximate surface area is 95.0 Å². The van der Waals surface area contributed by atoms with Crippen LogP contribution in [0.1, 0.15) is 5.56 Å². The first-order chi connectivity index (χ1) is 7.04. The van der Waals surface area contributed by atoms with Gasteiger partial charge in [0.15, 0.2) is 0 Å². The summed E-state index contributed by atoms with van der Waals surface area (Å²) in [6.45, 7) is -2.98. The molecule has 80 valence electrons. The molecule has 0 unspecified atom stereocenters. The van der Waals surface area contributed by atoms with Gasteiger partial charge in [-0.25, -0.2) is 0 Å². The van der Waals surface area contributed by atoms with Gasteiger partial charge in [0.2, 0.25) is 0 Å². The molecule has 1 aromatic rings. The summed E-state index contributed by atoms with van der Waals surface area (Å²) in [6.07, 6.45) is 0.0521. The van der Waals surface area contributed by atoms with E-state index in [-0.39, 0.29) is 22.2 Å². The zero-order valence-corrected chi connectivity index (χ0v) is 8.82. The van der Waals surface area contributed by atoms with E-state index in [1.54, 1.807) is 0 Å². The molecule has 0 aliphatic rings. The molecule has 0 radical (unpaired) electrons. The van der Waals surface area contributed by atoms with Crippen LogP contribution < -0.4 is 4.74 Å². The van der Waals surface area contributed by atoms with Crippen LogP contribution in [0.3, 0.4) is 0 Å². The second-order valence-electron chi connectivity index (χ2n) is 2.60. The molecule has 0 fully saturated rings. The van der Waals surface area contributed by atoms with Crippen LogP contribution in [0.25, 0.3) is 0 Å². The van der Waals surface area contributed by atoms with Crippen LogP contribution in [0.2, 0.25) is 10.0 Å². The van der Waals surface area contributed by atoms with Crippen LogP contribution >= 0.6 is 23.2 Å². The van der Waals surface area contributed by atoms with Crippen LogP contribution in [0, 0.1) is 11.3 Å². The SMILES string of the molecule is N#CCc1cc(Cl)c(Cl)c(OC(F)F)c1. The lowest BCUT2D eigenvalue weighted by molar-refractivity contribution is -0.0498. The van der Waals surface area contributed by atoms with Crippen molar-refractivity contribution < 1.29 is 13.5 Å². The molecule has 0 aliphatic carbocycles. The fourth-order valence-corrected chi connectivity index (χ4v) is 1.38. The Bertz CT molecular complexity index is 404. The van der Waals surface area contributed by atoms with Crippen molar-refractivity contribution in [2.45, 2.75) is 13.0 Å². The molecule has 0 aromatic heterocycles. The van der Waals surface area contributed by atoms with E-state index in [1.165, 1.54) is 12.1 Å². The van der Waals surface area contributed by atoms with Gasteiger partial charge in [-0.1, -0.05) is 23.2 Å². The van der Waals surface area contributed by atoms with Gasteiger partial charge in [0, 0.05) is 0 Å². The molecule has 15 heavy (non-hydrogen) atoms. The van der Waals surface area contributed by atoms with Gasteiger partial charge in [-0.2, -0.15) is 14.0 Å². The highest BCUT2D eigenvalue weighted by atomic mass is 35.5. The van der Waals surface area contributed by atoms with Gasteiger partial charge >= 0.3 is 6.61 Å². The lowest BCUT2D eigenvalue weighted by atomic mass is 10.1. The summed E-state index contributed by atoms with van der Waals surface area (Å²) in [5, 5.41) is 8.44. The summed E-state index contributed by atoms with van der Waals surface area (Å²) in [5.74, 6) is -0.218. The number of rotatable bonds is 3. The lowest BCUT2D eigenvalue weighted by Gasteiger charge is -2.09. The molecule has 0 spiro atoms.